The molecule has 104 valence electrons. The van der Waals surface area contributed by atoms with Crippen molar-refractivity contribution in [3.8, 4) is 0 Å². The lowest BCUT2D eigenvalue weighted by atomic mass is 9.97. The predicted octanol–water partition coefficient (Wildman–Crippen LogP) is 5.30. The van der Waals surface area contributed by atoms with Gasteiger partial charge < -0.3 is 0 Å². The van der Waals surface area contributed by atoms with Crippen LogP contribution in [0.15, 0.2) is 40.2 Å². The average Bonchev–Trinajstić information content (AvgIpc) is 3.05. The molecule has 1 aromatic heterocycles. The van der Waals surface area contributed by atoms with Crippen LogP contribution in [-0.2, 0) is 12.8 Å². The number of thiophene rings is 1. The van der Waals surface area contributed by atoms with Crippen LogP contribution in [0.1, 0.15) is 31.9 Å². The number of carbonyl (C=O) groups excluding carboxylic acids is 1. The summed E-state index contributed by atoms with van der Waals surface area (Å²) in [5, 5.41) is 2.41. The van der Waals surface area contributed by atoms with Gasteiger partial charge in [-0.2, -0.15) is 0 Å². The lowest BCUT2D eigenvalue weighted by Crippen LogP contribution is -2.00. The van der Waals surface area contributed by atoms with Crippen LogP contribution in [0.5, 0.6) is 0 Å². The van der Waals surface area contributed by atoms with Gasteiger partial charge in [0, 0.05) is 5.56 Å². The SMILES string of the molecule is Cc1cc(C(=O)c2ccc3c4c(cccc24)CC3)sc1Br. The number of halogens is 1. The van der Waals surface area contributed by atoms with Crippen molar-refractivity contribution in [2.75, 3.05) is 0 Å². The summed E-state index contributed by atoms with van der Waals surface area (Å²) in [6.07, 6.45) is 2.18. The molecule has 2 aromatic carbocycles. The van der Waals surface area contributed by atoms with Crippen LogP contribution in [0.3, 0.4) is 0 Å². The smallest absolute Gasteiger partial charge is 0.203 e. The number of aryl methyl sites for hydroxylation is 3. The van der Waals surface area contributed by atoms with Gasteiger partial charge in [0.2, 0.25) is 5.78 Å². The summed E-state index contributed by atoms with van der Waals surface area (Å²) < 4.78 is 1.04. The van der Waals surface area contributed by atoms with E-state index in [0.717, 1.165) is 38.0 Å². The van der Waals surface area contributed by atoms with E-state index in [1.54, 1.807) is 0 Å². The van der Waals surface area contributed by atoms with E-state index in [9.17, 15) is 4.79 Å². The zero-order chi connectivity index (χ0) is 14.6. The minimum atomic E-state index is 0.129. The fourth-order valence-electron chi connectivity index (χ4n) is 3.15. The zero-order valence-electron chi connectivity index (χ0n) is 11.6. The summed E-state index contributed by atoms with van der Waals surface area (Å²) in [5.74, 6) is 0.129. The maximum atomic E-state index is 12.9. The molecule has 1 nitrogen and oxygen atoms in total. The second kappa shape index (κ2) is 4.79. The van der Waals surface area contributed by atoms with Crippen molar-refractivity contribution in [2.45, 2.75) is 19.8 Å². The molecule has 0 saturated heterocycles. The van der Waals surface area contributed by atoms with Crippen molar-refractivity contribution < 1.29 is 4.79 Å². The van der Waals surface area contributed by atoms with E-state index in [-0.39, 0.29) is 5.78 Å². The van der Waals surface area contributed by atoms with Crippen LogP contribution in [0, 0.1) is 6.92 Å². The molecule has 0 amide bonds. The van der Waals surface area contributed by atoms with Gasteiger partial charge in [0.05, 0.1) is 8.66 Å². The summed E-state index contributed by atoms with van der Waals surface area (Å²) in [5.41, 5.74) is 4.70. The number of hydrogen-bond acceptors (Lipinski definition) is 2. The molecule has 0 radical (unpaired) electrons. The molecule has 1 heterocycles. The first-order valence-corrected chi connectivity index (χ1v) is 8.60. The zero-order valence-corrected chi connectivity index (χ0v) is 14.0. The Hall–Kier alpha value is -1.45. The monoisotopic (exact) mass is 356 g/mol. The van der Waals surface area contributed by atoms with Gasteiger partial charge >= 0.3 is 0 Å². The number of benzene rings is 2. The van der Waals surface area contributed by atoms with E-state index >= 15 is 0 Å². The molecule has 1 aliphatic carbocycles. The van der Waals surface area contributed by atoms with Crippen molar-refractivity contribution in [3.05, 3.63) is 67.3 Å². The second-order valence-corrected chi connectivity index (χ2v) is 7.88. The van der Waals surface area contributed by atoms with Crippen LogP contribution in [0.25, 0.3) is 10.8 Å². The van der Waals surface area contributed by atoms with Crippen LogP contribution in [0.2, 0.25) is 0 Å². The average molecular weight is 357 g/mol. The van der Waals surface area contributed by atoms with Gasteiger partial charge in [0.1, 0.15) is 0 Å². The summed E-state index contributed by atoms with van der Waals surface area (Å²) in [4.78, 5) is 13.7. The molecule has 0 fully saturated rings. The Morgan fingerprint density at radius 2 is 1.90 bits per heavy atom. The molecule has 0 saturated carbocycles. The van der Waals surface area contributed by atoms with Gasteiger partial charge in [-0.15, -0.1) is 11.3 Å². The lowest BCUT2D eigenvalue weighted by molar-refractivity contribution is 0.104. The largest absolute Gasteiger partial charge is 0.288 e. The number of hydrogen-bond donors (Lipinski definition) is 0. The van der Waals surface area contributed by atoms with Crippen molar-refractivity contribution in [1.29, 1.82) is 0 Å². The second-order valence-electron chi connectivity index (χ2n) is 5.51. The summed E-state index contributed by atoms with van der Waals surface area (Å²) in [7, 11) is 0. The van der Waals surface area contributed by atoms with Gasteiger partial charge in [0.25, 0.3) is 0 Å². The van der Waals surface area contributed by atoms with E-state index in [1.807, 2.05) is 19.1 Å². The number of ketones is 1. The molecule has 0 spiro atoms. The molecule has 1 aliphatic rings. The molecule has 0 unspecified atom stereocenters. The third kappa shape index (κ3) is 1.99. The molecular weight excluding hydrogens is 344 g/mol. The topological polar surface area (TPSA) is 17.1 Å². The quantitative estimate of drug-likeness (QED) is 0.569. The van der Waals surface area contributed by atoms with Crippen molar-refractivity contribution in [1.82, 2.24) is 0 Å². The summed E-state index contributed by atoms with van der Waals surface area (Å²) in [6, 6.07) is 12.4. The van der Waals surface area contributed by atoms with Crippen LogP contribution in [-0.4, -0.2) is 5.78 Å². The Kier molecular flexibility index (Phi) is 3.02. The Bertz CT molecular complexity index is 862. The fourth-order valence-corrected chi connectivity index (χ4v) is 4.64. The predicted molar refractivity (Wildman–Crippen MR) is 91.5 cm³/mol. The standard InChI is InChI=1S/C18H13BrOS/c1-10-9-15(21-18(10)19)17(20)14-8-7-12-6-5-11-3-2-4-13(14)16(11)12/h2-4,7-9H,5-6H2,1H3. The fraction of sp³-hybridized carbons (Fsp3) is 0.167. The van der Waals surface area contributed by atoms with E-state index in [1.165, 1.54) is 27.8 Å². The van der Waals surface area contributed by atoms with Crippen molar-refractivity contribution >= 4 is 43.8 Å². The van der Waals surface area contributed by atoms with Crippen molar-refractivity contribution in [3.63, 3.8) is 0 Å². The maximum Gasteiger partial charge on any atom is 0.203 e. The minimum absolute atomic E-state index is 0.129. The molecular formula is C18H13BrOS. The van der Waals surface area contributed by atoms with E-state index in [4.69, 9.17) is 0 Å². The van der Waals surface area contributed by atoms with Gasteiger partial charge in [-0.1, -0.05) is 30.3 Å². The van der Waals surface area contributed by atoms with Crippen LogP contribution >= 0.6 is 27.3 Å². The molecule has 0 N–H and O–H groups in total. The molecule has 3 aromatic rings. The summed E-state index contributed by atoms with van der Waals surface area (Å²) in [6.45, 7) is 2.02. The van der Waals surface area contributed by atoms with E-state index in [0.29, 0.717) is 0 Å². The Balaban J connectivity index is 1.93. The van der Waals surface area contributed by atoms with Gasteiger partial charge in [-0.05, 0) is 69.2 Å². The van der Waals surface area contributed by atoms with Gasteiger partial charge in [0.15, 0.2) is 0 Å². The molecule has 0 bridgehead atoms. The first-order chi connectivity index (χ1) is 10.1. The highest BCUT2D eigenvalue weighted by molar-refractivity contribution is 9.11. The minimum Gasteiger partial charge on any atom is -0.288 e. The van der Waals surface area contributed by atoms with E-state index in [2.05, 4.69) is 40.2 Å². The molecule has 3 heteroatoms. The molecule has 4 rings (SSSR count). The third-order valence-corrected chi connectivity index (χ3v) is 6.34. The van der Waals surface area contributed by atoms with Gasteiger partial charge in [-0.3, -0.25) is 4.79 Å². The first-order valence-electron chi connectivity index (χ1n) is 6.99. The maximum absolute atomic E-state index is 12.9. The summed E-state index contributed by atoms with van der Waals surface area (Å²) >= 11 is 5.02. The Labute approximate surface area is 135 Å². The Morgan fingerprint density at radius 1 is 1.14 bits per heavy atom. The molecule has 0 atom stereocenters. The highest BCUT2D eigenvalue weighted by Crippen LogP contribution is 2.35. The number of carbonyl (C=O) groups is 1. The lowest BCUT2D eigenvalue weighted by Gasteiger charge is -2.07. The Morgan fingerprint density at radius 3 is 2.62 bits per heavy atom. The highest BCUT2D eigenvalue weighted by Gasteiger charge is 2.20. The highest BCUT2D eigenvalue weighted by atomic mass is 79.9. The van der Waals surface area contributed by atoms with Crippen LogP contribution in [0.4, 0.5) is 0 Å². The third-order valence-electron chi connectivity index (χ3n) is 4.20. The van der Waals surface area contributed by atoms with Crippen molar-refractivity contribution in [2.24, 2.45) is 0 Å². The van der Waals surface area contributed by atoms with E-state index < -0.39 is 0 Å². The first kappa shape index (κ1) is 13.2. The van der Waals surface area contributed by atoms with Gasteiger partial charge in [-0.25, -0.2) is 0 Å². The molecule has 0 aliphatic heterocycles. The number of rotatable bonds is 2. The van der Waals surface area contributed by atoms with Crippen LogP contribution < -0.4 is 0 Å². The normalized spacial score (nSPS) is 13.0. The molecule has 21 heavy (non-hydrogen) atoms.